The first kappa shape index (κ1) is 11.9. The van der Waals surface area contributed by atoms with Crippen LogP contribution >= 0.6 is 0 Å². The Kier molecular flexibility index (Phi) is 3.78. The number of ketones is 1. The van der Waals surface area contributed by atoms with Gasteiger partial charge in [0.1, 0.15) is 12.4 Å². The molecule has 0 unspecified atom stereocenters. The summed E-state index contributed by atoms with van der Waals surface area (Å²) in [6.45, 7) is 0.503. The van der Waals surface area contributed by atoms with Crippen molar-refractivity contribution < 1.29 is 9.53 Å². The highest BCUT2D eigenvalue weighted by atomic mass is 16.5. The molecule has 0 heterocycles. The first-order chi connectivity index (χ1) is 8.79. The van der Waals surface area contributed by atoms with Crippen molar-refractivity contribution in [3.05, 3.63) is 65.7 Å². The molecule has 2 nitrogen and oxygen atoms in total. The van der Waals surface area contributed by atoms with Gasteiger partial charge in [-0.05, 0) is 35.7 Å². The van der Waals surface area contributed by atoms with Crippen molar-refractivity contribution in [2.75, 3.05) is 0 Å². The van der Waals surface area contributed by atoms with Crippen LogP contribution in [0.4, 0.5) is 0 Å². The molecule has 2 aromatic rings. The van der Waals surface area contributed by atoms with Crippen molar-refractivity contribution in [2.24, 2.45) is 0 Å². The fraction of sp³-hybridized carbons (Fsp3) is 0.0625. The lowest BCUT2D eigenvalue weighted by molar-refractivity contribution is 0.105. The van der Waals surface area contributed by atoms with Gasteiger partial charge >= 0.3 is 0 Å². The highest BCUT2D eigenvalue weighted by molar-refractivity contribution is 6.08. The second-order valence-corrected chi connectivity index (χ2v) is 3.77. The van der Waals surface area contributed by atoms with Crippen molar-refractivity contribution in [3.63, 3.8) is 0 Å². The third-order valence-electron chi connectivity index (χ3n) is 2.50. The Balaban J connectivity index is 1.99. The van der Waals surface area contributed by atoms with Crippen LogP contribution in [0.1, 0.15) is 15.9 Å². The van der Waals surface area contributed by atoms with Gasteiger partial charge in [-0.1, -0.05) is 30.3 Å². The molecule has 0 amide bonds. The van der Waals surface area contributed by atoms with Gasteiger partial charge in [0.2, 0.25) is 5.78 Å². The highest BCUT2D eigenvalue weighted by Gasteiger charge is 2.01. The predicted octanol–water partition coefficient (Wildman–Crippen LogP) is 3.08. The minimum atomic E-state index is -0.315. The van der Waals surface area contributed by atoms with Gasteiger partial charge in [-0.15, -0.1) is 6.42 Å². The standard InChI is InChI=1S/C16H12O2/c1-2-16(17)14-8-10-15(11-9-14)18-12-13-6-4-3-5-7-13/h1,3-11H,12H2. The smallest absolute Gasteiger partial charge is 0.235 e. The third-order valence-corrected chi connectivity index (χ3v) is 2.50. The minimum Gasteiger partial charge on any atom is -0.489 e. The van der Waals surface area contributed by atoms with E-state index in [1.165, 1.54) is 0 Å². The zero-order valence-electron chi connectivity index (χ0n) is 9.80. The maximum absolute atomic E-state index is 11.2. The zero-order chi connectivity index (χ0) is 12.8. The van der Waals surface area contributed by atoms with E-state index in [1.807, 2.05) is 30.3 Å². The number of ether oxygens (including phenoxy) is 1. The summed E-state index contributed by atoms with van der Waals surface area (Å²) in [5.41, 5.74) is 1.60. The monoisotopic (exact) mass is 236 g/mol. The molecule has 88 valence electrons. The zero-order valence-corrected chi connectivity index (χ0v) is 9.80. The number of benzene rings is 2. The summed E-state index contributed by atoms with van der Waals surface area (Å²) in [5.74, 6) is 2.48. The molecule has 18 heavy (non-hydrogen) atoms. The van der Waals surface area contributed by atoms with Crippen LogP contribution < -0.4 is 4.74 Å². The van der Waals surface area contributed by atoms with Crippen molar-refractivity contribution >= 4 is 5.78 Å². The fourth-order valence-corrected chi connectivity index (χ4v) is 1.53. The summed E-state index contributed by atoms with van der Waals surface area (Å²) in [5, 5.41) is 0. The molecule has 0 fully saturated rings. The molecular weight excluding hydrogens is 224 g/mol. The van der Waals surface area contributed by atoms with E-state index in [4.69, 9.17) is 11.2 Å². The molecular formula is C16H12O2. The maximum Gasteiger partial charge on any atom is 0.235 e. The van der Waals surface area contributed by atoms with E-state index < -0.39 is 0 Å². The summed E-state index contributed by atoms with van der Waals surface area (Å²) in [4.78, 5) is 11.2. The van der Waals surface area contributed by atoms with Crippen LogP contribution in [0.15, 0.2) is 54.6 Å². The van der Waals surface area contributed by atoms with Gasteiger partial charge in [0.15, 0.2) is 0 Å². The van der Waals surface area contributed by atoms with Gasteiger partial charge in [-0.3, -0.25) is 4.79 Å². The average Bonchev–Trinajstić information content (AvgIpc) is 2.46. The van der Waals surface area contributed by atoms with Crippen LogP contribution in [0.2, 0.25) is 0 Å². The van der Waals surface area contributed by atoms with Crippen LogP contribution in [-0.2, 0) is 6.61 Å². The molecule has 2 rings (SSSR count). The second kappa shape index (κ2) is 5.70. The van der Waals surface area contributed by atoms with Crippen LogP contribution in [0.3, 0.4) is 0 Å². The largest absolute Gasteiger partial charge is 0.489 e. The Labute approximate surface area is 106 Å². The van der Waals surface area contributed by atoms with Gasteiger partial charge in [0.05, 0.1) is 0 Å². The number of terminal acetylenes is 1. The lowest BCUT2D eigenvalue weighted by Gasteiger charge is -2.06. The van der Waals surface area contributed by atoms with E-state index in [1.54, 1.807) is 24.3 Å². The molecule has 0 spiro atoms. The van der Waals surface area contributed by atoms with Crippen molar-refractivity contribution in [2.45, 2.75) is 6.61 Å². The van der Waals surface area contributed by atoms with Crippen molar-refractivity contribution in [3.8, 4) is 18.1 Å². The van der Waals surface area contributed by atoms with Gasteiger partial charge in [0.25, 0.3) is 0 Å². The molecule has 0 radical (unpaired) electrons. The third kappa shape index (κ3) is 2.99. The summed E-state index contributed by atoms with van der Waals surface area (Å²) in [6.07, 6.45) is 5.05. The quantitative estimate of drug-likeness (QED) is 0.463. The first-order valence-corrected chi connectivity index (χ1v) is 5.57. The molecule has 0 saturated heterocycles. The summed E-state index contributed by atoms with van der Waals surface area (Å²) in [7, 11) is 0. The van der Waals surface area contributed by atoms with Crippen LogP contribution in [-0.4, -0.2) is 5.78 Å². The van der Waals surface area contributed by atoms with Gasteiger partial charge < -0.3 is 4.74 Å². The fourth-order valence-electron chi connectivity index (χ4n) is 1.53. The molecule has 0 saturated carbocycles. The molecule has 0 aromatic heterocycles. The topological polar surface area (TPSA) is 26.3 Å². The second-order valence-electron chi connectivity index (χ2n) is 3.77. The lowest BCUT2D eigenvalue weighted by Crippen LogP contribution is -1.97. The van der Waals surface area contributed by atoms with Crippen LogP contribution in [0, 0.1) is 12.3 Å². The molecule has 0 aliphatic heterocycles. The molecule has 2 heteroatoms. The van der Waals surface area contributed by atoms with Crippen molar-refractivity contribution in [1.82, 2.24) is 0 Å². The van der Waals surface area contributed by atoms with E-state index in [9.17, 15) is 4.79 Å². The minimum absolute atomic E-state index is 0.315. The van der Waals surface area contributed by atoms with Crippen LogP contribution in [0.25, 0.3) is 0 Å². The van der Waals surface area contributed by atoms with E-state index in [0.29, 0.717) is 17.9 Å². The normalized spacial score (nSPS) is 9.50. The van der Waals surface area contributed by atoms with Gasteiger partial charge in [-0.2, -0.15) is 0 Å². The summed E-state index contributed by atoms with van der Waals surface area (Å²) >= 11 is 0. The number of hydrogen-bond acceptors (Lipinski definition) is 2. The lowest BCUT2D eigenvalue weighted by atomic mass is 10.1. The molecule has 0 aliphatic rings. The van der Waals surface area contributed by atoms with E-state index >= 15 is 0 Å². The first-order valence-electron chi connectivity index (χ1n) is 5.57. The maximum atomic E-state index is 11.2. The van der Waals surface area contributed by atoms with E-state index in [2.05, 4.69) is 5.92 Å². The van der Waals surface area contributed by atoms with Crippen molar-refractivity contribution in [1.29, 1.82) is 0 Å². The highest BCUT2D eigenvalue weighted by Crippen LogP contribution is 2.14. The molecule has 0 atom stereocenters. The summed E-state index contributed by atoms with van der Waals surface area (Å²) < 4.78 is 5.60. The number of carbonyl (C=O) groups is 1. The molecule has 0 aliphatic carbocycles. The number of carbonyl (C=O) groups excluding carboxylic acids is 1. The SMILES string of the molecule is C#CC(=O)c1ccc(OCc2ccccc2)cc1. The van der Waals surface area contributed by atoms with Gasteiger partial charge in [0, 0.05) is 5.56 Å². The van der Waals surface area contributed by atoms with Gasteiger partial charge in [-0.25, -0.2) is 0 Å². The Morgan fingerprint density at radius 2 is 1.72 bits per heavy atom. The predicted molar refractivity (Wildman–Crippen MR) is 70.4 cm³/mol. The number of Topliss-reactive ketones (excluding diaryl/α,β-unsaturated/α-hetero) is 1. The average molecular weight is 236 g/mol. The van der Waals surface area contributed by atoms with Crippen LogP contribution in [0.5, 0.6) is 5.75 Å². The molecule has 0 bridgehead atoms. The number of rotatable bonds is 4. The van der Waals surface area contributed by atoms with E-state index in [0.717, 1.165) is 5.56 Å². The molecule has 0 N–H and O–H groups in total. The summed E-state index contributed by atoms with van der Waals surface area (Å²) in [6, 6.07) is 16.7. The van der Waals surface area contributed by atoms with E-state index in [-0.39, 0.29) is 5.78 Å². The molecule has 2 aromatic carbocycles. The Hall–Kier alpha value is -2.53. The number of hydrogen-bond donors (Lipinski definition) is 0. The Morgan fingerprint density at radius 1 is 1.06 bits per heavy atom. The Bertz CT molecular complexity index is 562. The Morgan fingerprint density at radius 3 is 2.33 bits per heavy atom.